The Morgan fingerprint density at radius 1 is 1.12 bits per heavy atom. The average Bonchev–Trinajstić information content (AvgIpc) is 2.30. The van der Waals surface area contributed by atoms with Crippen molar-refractivity contribution in [2.24, 2.45) is 0 Å². The molecule has 1 aromatic heterocycles. The first-order chi connectivity index (χ1) is 8.24. The highest BCUT2D eigenvalue weighted by Crippen LogP contribution is 2.05. The van der Waals surface area contributed by atoms with Crippen LogP contribution in [0.1, 0.15) is 5.69 Å². The van der Waals surface area contributed by atoms with Crippen molar-refractivity contribution in [1.29, 1.82) is 5.41 Å². The zero-order valence-electron chi connectivity index (χ0n) is 9.44. The summed E-state index contributed by atoms with van der Waals surface area (Å²) < 4.78 is 0. The van der Waals surface area contributed by atoms with E-state index in [9.17, 15) is 0 Å². The molecule has 1 aromatic carbocycles. The quantitative estimate of drug-likeness (QED) is 0.543. The van der Waals surface area contributed by atoms with E-state index in [4.69, 9.17) is 5.41 Å². The molecule has 2 rings (SSSR count). The number of hydrogen-bond acceptors (Lipinski definition) is 3. The molecule has 5 nitrogen and oxygen atoms in total. The van der Waals surface area contributed by atoms with Crippen LogP contribution < -0.4 is 10.6 Å². The lowest BCUT2D eigenvalue weighted by atomic mass is 10.3. The second-order valence-corrected chi connectivity index (χ2v) is 3.51. The Labute approximate surface area is 99.4 Å². The maximum atomic E-state index is 7.73. The molecule has 5 heteroatoms. The van der Waals surface area contributed by atoms with Crippen molar-refractivity contribution in [3.05, 3.63) is 48.3 Å². The molecule has 0 unspecified atom stereocenters. The highest BCUT2D eigenvalue weighted by molar-refractivity contribution is 6.00. The molecule has 0 fully saturated rings. The van der Waals surface area contributed by atoms with Gasteiger partial charge in [-0.1, -0.05) is 18.2 Å². The van der Waals surface area contributed by atoms with Crippen LogP contribution in [-0.2, 0) is 0 Å². The van der Waals surface area contributed by atoms with Crippen LogP contribution >= 0.6 is 0 Å². The van der Waals surface area contributed by atoms with Crippen molar-refractivity contribution in [1.82, 2.24) is 9.97 Å². The maximum Gasteiger partial charge on any atom is 0.229 e. The van der Waals surface area contributed by atoms with E-state index in [2.05, 4.69) is 20.6 Å². The molecule has 0 radical (unpaired) electrons. The van der Waals surface area contributed by atoms with Crippen LogP contribution in [-0.4, -0.2) is 15.9 Å². The van der Waals surface area contributed by atoms with Gasteiger partial charge in [-0.25, -0.2) is 9.97 Å². The molecule has 2 aromatic rings. The lowest BCUT2D eigenvalue weighted by Gasteiger charge is -2.08. The summed E-state index contributed by atoms with van der Waals surface area (Å²) in [5.41, 5.74) is 1.70. The third kappa shape index (κ3) is 3.27. The normalized spacial score (nSPS) is 9.71. The smallest absolute Gasteiger partial charge is 0.229 e. The molecule has 0 amide bonds. The van der Waals surface area contributed by atoms with Gasteiger partial charge in [-0.15, -0.1) is 0 Å². The first-order valence-corrected chi connectivity index (χ1v) is 5.21. The van der Waals surface area contributed by atoms with E-state index in [1.807, 2.05) is 37.3 Å². The number of benzene rings is 1. The molecule has 3 N–H and O–H groups in total. The van der Waals surface area contributed by atoms with E-state index < -0.39 is 0 Å². The number of hydrogen-bond donors (Lipinski definition) is 3. The topological polar surface area (TPSA) is 73.7 Å². The number of nitrogens with zero attached hydrogens (tertiary/aromatic N) is 2. The Balaban J connectivity index is 1.98. The van der Waals surface area contributed by atoms with E-state index in [0.29, 0.717) is 5.95 Å². The van der Waals surface area contributed by atoms with Crippen LogP contribution in [0.15, 0.2) is 42.6 Å². The van der Waals surface area contributed by atoms with Crippen LogP contribution in [0.5, 0.6) is 0 Å². The summed E-state index contributed by atoms with van der Waals surface area (Å²) in [6.45, 7) is 1.88. The van der Waals surface area contributed by atoms with E-state index >= 15 is 0 Å². The number of nitrogens with one attached hydrogen (secondary N) is 3. The van der Waals surface area contributed by atoms with Gasteiger partial charge >= 0.3 is 0 Å². The minimum Gasteiger partial charge on any atom is -0.326 e. The number of anilines is 2. The second-order valence-electron chi connectivity index (χ2n) is 3.51. The number of aromatic nitrogens is 2. The SMILES string of the molecule is Cc1ccnc(NC(=N)Nc2ccccc2)n1. The fourth-order valence-corrected chi connectivity index (χ4v) is 1.32. The summed E-state index contributed by atoms with van der Waals surface area (Å²) in [4.78, 5) is 8.17. The molecule has 0 spiro atoms. The fourth-order valence-electron chi connectivity index (χ4n) is 1.32. The van der Waals surface area contributed by atoms with Gasteiger partial charge in [0.15, 0.2) is 5.96 Å². The summed E-state index contributed by atoms with van der Waals surface area (Å²) in [5.74, 6) is 0.556. The third-order valence-electron chi connectivity index (χ3n) is 2.07. The van der Waals surface area contributed by atoms with Gasteiger partial charge in [0, 0.05) is 17.6 Å². The van der Waals surface area contributed by atoms with Crippen molar-refractivity contribution in [3.63, 3.8) is 0 Å². The van der Waals surface area contributed by atoms with Crippen LogP contribution in [0.3, 0.4) is 0 Å². The predicted molar refractivity (Wildman–Crippen MR) is 68.2 cm³/mol. The predicted octanol–water partition coefficient (Wildman–Crippen LogP) is 2.24. The molecular formula is C12H13N5. The maximum absolute atomic E-state index is 7.73. The van der Waals surface area contributed by atoms with Gasteiger partial charge in [0.05, 0.1) is 0 Å². The Morgan fingerprint density at radius 3 is 2.59 bits per heavy atom. The number of guanidine groups is 1. The second kappa shape index (κ2) is 5.07. The van der Waals surface area contributed by atoms with Gasteiger partial charge in [0.2, 0.25) is 5.95 Å². The van der Waals surface area contributed by atoms with Crippen LogP contribution in [0.25, 0.3) is 0 Å². The Hall–Kier alpha value is -2.43. The average molecular weight is 227 g/mol. The first kappa shape index (κ1) is 11.1. The van der Waals surface area contributed by atoms with Crippen LogP contribution in [0, 0.1) is 12.3 Å². The standard InChI is InChI=1S/C12H13N5/c1-9-7-8-14-12(15-9)17-11(13)16-10-5-3-2-4-6-10/h2-8H,1H3,(H3,13,14,15,16,17). The van der Waals surface area contributed by atoms with Crippen molar-refractivity contribution < 1.29 is 0 Å². The molecule has 0 saturated heterocycles. The van der Waals surface area contributed by atoms with Crippen LogP contribution in [0.2, 0.25) is 0 Å². The van der Waals surface area contributed by atoms with Crippen molar-refractivity contribution in [2.75, 3.05) is 10.6 Å². The van der Waals surface area contributed by atoms with Crippen LogP contribution in [0.4, 0.5) is 11.6 Å². The van der Waals surface area contributed by atoms with Crippen molar-refractivity contribution in [2.45, 2.75) is 6.92 Å². The van der Waals surface area contributed by atoms with E-state index in [1.165, 1.54) is 0 Å². The van der Waals surface area contributed by atoms with Gasteiger partial charge in [0.1, 0.15) is 0 Å². The zero-order valence-corrected chi connectivity index (χ0v) is 9.44. The van der Waals surface area contributed by atoms with Gasteiger partial charge in [0.25, 0.3) is 0 Å². The molecule has 1 heterocycles. The minimum atomic E-state index is 0.141. The number of rotatable bonds is 2. The Kier molecular flexibility index (Phi) is 3.30. The summed E-state index contributed by atoms with van der Waals surface area (Å²) in [5, 5.41) is 13.4. The van der Waals surface area contributed by atoms with E-state index in [1.54, 1.807) is 12.3 Å². The summed E-state index contributed by atoms with van der Waals surface area (Å²) in [7, 11) is 0. The molecule has 86 valence electrons. The molecule has 0 bridgehead atoms. The fraction of sp³-hybridized carbons (Fsp3) is 0.0833. The Morgan fingerprint density at radius 2 is 1.88 bits per heavy atom. The summed E-state index contributed by atoms with van der Waals surface area (Å²) in [6, 6.07) is 11.3. The summed E-state index contributed by atoms with van der Waals surface area (Å²) >= 11 is 0. The van der Waals surface area contributed by atoms with Crippen molar-refractivity contribution >= 4 is 17.6 Å². The lowest BCUT2D eigenvalue weighted by Crippen LogP contribution is -2.21. The molecular weight excluding hydrogens is 214 g/mol. The largest absolute Gasteiger partial charge is 0.326 e. The molecule has 0 aliphatic carbocycles. The zero-order chi connectivity index (χ0) is 12.1. The molecule has 0 aliphatic heterocycles. The van der Waals surface area contributed by atoms with Gasteiger partial charge in [-0.2, -0.15) is 0 Å². The molecule has 0 saturated carbocycles. The van der Waals surface area contributed by atoms with Gasteiger partial charge in [-0.3, -0.25) is 10.7 Å². The minimum absolute atomic E-state index is 0.141. The number of aryl methyl sites for hydroxylation is 1. The Bertz CT molecular complexity index is 509. The summed E-state index contributed by atoms with van der Waals surface area (Å²) in [6.07, 6.45) is 1.65. The van der Waals surface area contributed by atoms with Gasteiger partial charge in [-0.05, 0) is 25.1 Å². The highest BCUT2D eigenvalue weighted by atomic mass is 15.2. The molecule has 17 heavy (non-hydrogen) atoms. The van der Waals surface area contributed by atoms with E-state index in [0.717, 1.165) is 11.4 Å². The van der Waals surface area contributed by atoms with Gasteiger partial charge < -0.3 is 5.32 Å². The van der Waals surface area contributed by atoms with Crippen molar-refractivity contribution in [3.8, 4) is 0 Å². The first-order valence-electron chi connectivity index (χ1n) is 5.21. The lowest BCUT2D eigenvalue weighted by molar-refractivity contribution is 1.11. The highest BCUT2D eigenvalue weighted by Gasteiger charge is 2.00. The van der Waals surface area contributed by atoms with E-state index in [-0.39, 0.29) is 5.96 Å². The number of para-hydroxylation sites is 1. The molecule has 0 atom stereocenters. The monoisotopic (exact) mass is 227 g/mol. The third-order valence-corrected chi connectivity index (χ3v) is 2.07. The molecule has 0 aliphatic rings.